The Labute approximate surface area is 189 Å². The van der Waals surface area contributed by atoms with Crippen molar-refractivity contribution in [1.82, 2.24) is 15.1 Å². The number of nitro groups is 1. The molecule has 4 rings (SSSR count). The lowest BCUT2D eigenvalue weighted by molar-refractivity contribution is -0.384. The number of nitrogens with one attached hydrogen (secondary N) is 1. The third-order valence-corrected chi connectivity index (χ3v) is 5.29. The molecule has 1 atom stereocenters. The first-order chi connectivity index (χ1) is 15.4. The minimum Gasteiger partial charge on any atom is -0.344 e. The fraction of sp³-hybridized carbons (Fsp3) is 0.0833. The molecule has 0 fully saturated rings. The predicted molar refractivity (Wildman–Crippen MR) is 123 cm³/mol. The van der Waals surface area contributed by atoms with Crippen molar-refractivity contribution >= 4 is 23.2 Å². The predicted octanol–water partition coefficient (Wildman–Crippen LogP) is 5.59. The van der Waals surface area contributed by atoms with Crippen molar-refractivity contribution in [3.05, 3.63) is 111 Å². The number of aromatic nitrogens is 2. The molecule has 32 heavy (non-hydrogen) atoms. The fourth-order valence-electron chi connectivity index (χ4n) is 3.31. The van der Waals surface area contributed by atoms with Crippen LogP contribution in [0.2, 0.25) is 5.02 Å². The standard InChI is InChI=1S/C24H19ClN4O3/c1-16(17-5-3-2-4-6-17)26-24(30)23-15-22(18-7-11-21(12-8-18)29(31)32)27-28(23)20-13-9-19(25)10-14-20/h2-16H,1H3,(H,26,30)/t16-/m1/s1. The van der Waals surface area contributed by atoms with Gasteiger partial charge in [-0.1, -0.05) is 41.9 Å². The molecule has 4 aromatic rings. The number of nitrogens with zero attached hydrogens (tertiary/aromatic N) is 3. The Hall–Kier alpha value is -3.97. The number of halogens is 1. The molecule has 0 saturated heterocycles. The summed E-state index contributed by atoms with van der Waals surface area (Å²) in [6.07, 6.45) is 0. The molecule has 0 aliphatic carbocycles. The quantitative estimate of drug-likeness (QED) is 0.308. The Kier molecular flexibility index (Phi) is 6.00. The molecule has 1 N–H and O–H groups in total. The van der Waals surface area contributed by atoms with Gasteiger partial charge in [-0.15, -0.1) is 0 Å². The van der Waals surface area contributed by atoms with E-state index in [0.717, 1.165) is 5.56 Å². The third kappa shape index (κ3) is 4.53. The maximum absolute atomic E-state index is 13.2. The van der Waals surface area contributed by atoms with Gasteiger partial charge in [0.2, 0.25) is 0 Å². The van der Waals surface area contributed by atoms with Crippen LogP contribution in [0.3, 0.4) is 0 Å². The Bertz CT molecular complexity index is 1250. The lowest BCUT2D eigenvalue weighted by atomic mass is 10.1. The summed E-state index contributed by atoms with van der Waals surface area (Å²) in [5.41, 5.74) is 3.15. The number of rotatable bonds is 6. The van der Waals surface area contributed by atoms with E-state index in [4.69, 9.17) is 11.6 Å². The Balaban J connectivity index is 1.71. The number of amides is 1. The summed E-state index contributed by atoms with van der Waals surface area (Å²) < 4.78 is 1.54. The number of nitro benzene ring substituents is 1. The van der Waals surface area contributed by atoms with E-state index in [1.54, 1.807) is 47.1 Å². The minimum absolute atomic E-state index is 0.0134. The van der Waals surface area contributed by atoms with Crippen LogP contribution in [0.15, 0.2) is 84.9 Å². The zero-order valence-corrected chi connectivity index (χ0v) is 17.9. The molecular weight excluding hydrogens is 428 g/mol. The summed E-state index contributed by atoms with van der Waals surface area (Å²) in [5.74, 6) is -0.294. The molecule has 0 spiro atoms. The Morgan fingerprint density at radius 1 is 1.03 bits per heavy atom. The summed E-state index contributed by atoms with van der Waals surface area (Å²) in [4.78, 5) is 23.7. The van der Waals surface area contributed by atoms with Crippen molar-refractivity contribution < 1.29 is 9.72 Å². The van der Waals surface area contributed by atoms with Crippen LogP contribution < -0.4 is 5.32 Å². The minimum atomic E-state index is -0.458. The highest BCUT2D eigenvalue weighted by molar-refractivity contribution is 6.30. The SMILES string of the molecule is C[C@@H](NC(=O)c1cc(-c2ccc([N+](=O)[O-])cc2)nn1-c1ccc(Cl)cc1)c1ccccc1. The van der Waals surface area contributed by atoms with Crippen molar-refractivity contribution in [2.45, 2.75) is 13.0 Å². The van der Waals surface area contributed by atoms with Gasteiger partial charge in [0.25, 0.3) is 11.6 Å². The second-order valence-corrected chi connectivity index (χ2v) is 7.65. The van der Waals surface area contributed by atoms with E-state index < -0.39 is 4.92 Å². The van der Waals surface area contributed by atoms with Crippen LogP contribution in [0.4, 0.5) is 5.69 Å². The zero-order chi connectivity index (χ0) is 22.7. The number of carbonyl (C=O) groups is 1. The van der Waals surface area contributed by atoms with Gasteiger partial charge in [0.15, 0.2) is 0 Å². The van der Waals surface area contributed by atoms with Crippen LogP contribution in [0.1, 0.15) is 29.0 Å². The van der Waals surface area contributed by atoms with Crippen molar-refractivity contribution in [2.24, 2.45) is 0 Å². The van der Waals surface area contributed by atoms with Gasteiger partial charge in [-0.2, -0.15) is 5.10 Å². The van der Waals surface area contributed by atoms with Crippen LogP contribution in [0.5, 0.6) is 0 Å². The Morgan fingerprint density at radius 2 is 1.69 bits per heavy atom. The summed E-state index contributed by atoms with van der Waals surface area (Å²) in [5, 5.41) is 19.1. The molecular formula is C24H19ClN4O3. The fourth-order valence-corrected chi connectivity index (χ4v) is 3.44. The van der Waals surface area contributed by atoms with Gasteiger partial charge < -0.3 is 5.32 Å². The number of carbonyl (C=O) groups excluding carboxylic acids is 1. The topological polar surface area (TPSA) is 90.1 Å². The van der Waals surface area contributed by atoms with Crippen molar-refractivity contribution in [2.75, 3.05) is 0 Å². The lowest BCUT2D eigenvalue weighted by Gasteiger charge is -2.15. The van der Waals surface area contributed by atoms with Gasteiger partial charge in [0.1, 0.15) is 5.69 Å². The highest BCUT2D eigenvalue weighted by Crippen LogP contribution is 2.25. The van der Waals surface area contributed by atoms with E-state index in [0.29, 0.717) is 27.7 Å². The summed E-state index contributed by atoms with van der Waals surface area (Å²) in [7, 11) is 0. The van der Waals surface area contributed by atoms with Gasteiger partial charge >= 0.3 is 0 Å². The summed E-state index contributed by atoms with van der Waals surface area (Å²) >= 11 is 6.02. The molecule has 0 unspecified atom stereocenters. The molecule has 3 aromatic carbocycles. The van der Waals surface area contributed by atoms with Gasteiger partial charge in [0.05, 0.1) is 22.3 Å². The monoisotopic (exact) mass is 446 g/mol. The molecule has 7 nitrogen and oxygen atoms in total. The molecule has 0 aliphatic heterocycles. The smallest absolute Gasteiger partial charge is 0.270 e. The average molecular weight is 447 g/mol. The summed E-state index contributed by atoms with van der Waals surface area (Å²) in [6, 6.07) is 24.1. The third-order valence-electron chi connectivity index (χ3n) is 5.03. The number of hydrogen-bond acceptors (Lipinski definition) is 4. The molecule has 1 aromatic heterocycles. The van der Waals surface area contributed by atoms with E-state index in [-0.39, 0.29) is 17.6 Å². The van der Waals surface area contributed by atoms with Crippen molar-refractivity contribution in [3.8, 4) is 16.9 Å². The van der Waals surface area contributed by atoms with E-state index in [1.165, 1.54) is 12.1 Å². The molecule has 8 heteroatoms. The molecule has 1 heterocycles. The van der Waals surface area contributed by atoms with Crippen LogP contribution in [0.25, 0.3) is 16.9 Å². The van der Waals surface area contributed by atoms with Gasteiger partial charge in [-0.05, 0) is 55.0 Å². The van der Waals surface area contributed by atoms with Gasteiger partial charge in [0, 0.05) is 22.7 Å². The van der Waals surface area contributed by atoms with Crippen LogP contribution >= 0.6 is 11.6 Å². The Morgan fingerprint density at radius 3 is 2.31 bits per heavy atom. The largest absolute Gasteiger partial charge is 0.344 e. The second-order valence-electron chi connectivity index (χ2n) is 7.21. The normalized spacial score (nSPS) is 11.7. The maximum Gasteiger partial charge on any atom is 0.270 e. The van der Waals surface area contributed by atoms with E-state index in [2.05, 4.69) is 10.4 Å². The van der Waals surface area contributed by atoms with Gasteiger partial charge in [-0.25, -0.2) is 4.68 Å². The van der Waals surface area contributed by atoms with Crippen LogP contribution in [-0.2, 0) is 0 Å². The van der Waals surface area contributed by atoms with Crippen LogP contribution in [-0.4, -0.2) is 20.6 Å². The molecule has 0 saturated carbocycles. The highest BCUT2D eigenvalue weighted by atomic mass is 35.5. The summed E-state index contributed by atoms with van der Waals surface area (Å²) in [6.45, 7) is 1.91. The number of hydrogen-bond donors (Lipinski definition) is 1. The molecule has 0 radical (unpaired) electrons. The van der Waals surface area contributed by atoms with E-state index in [9.17, 15) is 14.9 Å². The molecule has 160 valence electrons. The van der Waals surface area contributed by atoms with E-state index >= 15 is 0 Å². The highest BCUT2D eigenvalue weighted by Gasteiger charge is 2.20. The first kappa shape index (κ1) is 21.3. The van der Waals surface area contributed by atoms with E-state index in [1.807, 2.05) is 37.3 Å². The zero-order valence-electron chi connectivity index (χ0n) is 17.1. The first-order valence-electron chi connectivity index (χ1n) is 9.89. The number of benzene rings is 3. The van der Waals surface area contributed by atoms with Crippen molar-refractivity contribution in [3.63, 3.8) is 0 Å². The lowest BCUT2D eigenvalue weighted by Crippen LogP contribution is -2.28. The maximum atomic E-state index is 13.2. The second kappa shape index (κ2) is 9.03. The van der Waals surface area contributed by atoms with Crippen molar-refractivity contribution in [1.29, 1.82) is 0 Å². The number of non-ortho nitro benzene ring substituents is 1. The molecule has 0 aliphatic rings. The van der Waals surface area contributed by atoms with Gasteiger partial charge in [-0.3, -0.25) is 14.9 Å². The molecule has 0 bridgehead atoms. The van der Waals surface area contributed by atoms with Crippen LogP contribution in [0, 0.1) is 10.1 Å². The molecule has 1 amide bonds. The average Bonchev–Trinajstić information content (AvgIpc) is 3.26. The first-order valence-corrected chi connectivity index (χ1v) is 10.3.